The first-order valence-corrected chi connectivity index (χ1v) is 8.17. The van der Waals surface area contributed by atoms with E-state index < -0.39 is 0 Å². The largest absolute Gasteiger partial charge is 0.348 e. The third kappa shape index (κ3) is 2.16. The first-order valence-electron chi connectivity index (χ1n) is 8.17. The molecule has 4 heterocycles. The van der Waals surface area contributed by atoms with Crippen LogP contribution in [0, 0.1) is 5.82 Å². The highest BCUT2D eigenvalue weighted by atomic mass is 19.1. The van der Waals surface area contributed by atoms with Gasteiger partial charge in [0.25, 0.3) is 0 Å². The lowest BCUT2D eigenvalue weighted by molar-refractivity contribution is 0.230. The Hall–Kier alpha value is -2.54. The van der Waals surface area contributed by atoms with Gasteiger partial charge in [0.2, 0.25) is 5.65 Å². The number of piperazine rings is 1. The highest BCUT2D eigenvalue weighted by Crippen LogP contribution is 2.35. The molecule has 2 aliphatic heterocycles. The highest BCUT2D eigenvalue weighted by molar-refractivity contribution is 5.64. The number of anilines is 1. The van der Waals surface area contributed by atoms with Crippen LogP contribution in [0.25, 0.3) is 5.65 Å². The molecule has 2 saturated heterocycles. The number of hydrogen-bond acceptors (Lipinski definition) is 5. The Balaban J connectivity index is 1.35. The molecule has 0 spiro atoms. The highest BCUT2D eigenvalue weighted by Gasteiger charge is 2.44. The fourth-order valence-electron chi connectivity index (χ4n) is 3.97. The molecule has 3 aromatic rings. The quantitative estimate of drug-likeness (QED) is 0.734. The van der Waals surface area contributed by atoms with Crippen molar-refractivity contribution in [2.45, 2.75) is 25.0 Å². The van der Waals surface area contributed by atoms with Crippen LogP contribution in [0.2, 0.25) is 0 Å². The number of likely N-dealkylation sites (tertiary alicyclic amines) is 1. The van der Waals surface area contributed by atoms with Crippen LogP contribution < -0.4 is 4.90 Å². The normalized spacial score (nSPS) is 23.5. The molecular formula is C17H17FN6. The number of aromatic nitrogens is 4. The monoisotopic (exact) mass is 324 g/mol. The van der Waals surface area contributed by atoms with Gasteiger partial charge in [0.1, 0.15) is 12.1 Å². The van der Waals surface area contributed by atoms with Crippen LogP contribution >= 0.6 is 0 Å². The lowest BCUT2D eigenvalue weighted by atomic mass is 10.2. The maximum atomic E-state index is 13.0. The standard InChI is InChI=1S/C17H17FN6/c18-13-3-1-12(2-4-13)8-23-9-15-7-14(23)10-24(15)16-17-21-20-11-22(17)6-5-19-16/h1-6,11,14-15H,7-10H2. The first kappa shape index (κ1) is 13.9. The summed E-state index contributed by atoms with van der Waals surface area (Å²) in [5.41, 5.74) is 1.98. The number of fused-ring (bicyclic) bond motifs is 3. The molecule has 2 aliphatic rings. The third-order valence-corrected chi connectivity index (χ3v) is 5.12. The van der Waals surface area contributed by atoms with Gasteiger partial charge in [-0.25, -0.2) is 9.37 Å². The maximum Gasteiger partial charge on any atom is 0.203 e. The van der Waals surface area contributed by atoms with E-state index in [0.717, 1.165) is 43.1 Å². The molecule has 2 fully saturated rings. The topological polar surface area (TPSA) is 49.6 Å². The summed E-state index contributed by atoms with van der Waals surface area (Å²) in [5, 5.41) is 8.18. The third-order valence-electron chi connectivity index (χ3n) is 5.12. The van der Waals surface area contributed by atoms with Crippen molar-refractivity contribution in [1.82, 2.24) is 24.5 Å². The van der Waals surface area contributed by atoms with Crippen molar-refractivity contribution in [1.29, 1.82) is 0 Å². The summed E-state index contributed by atoms with van der Waals surface area (Å²) in [4.78, 5) is 9.38. The van der Waals surface area contributed by atoms with Crippen molar-refractivity contribution in [3.05, 3.63) is 54.4 Å². The van der Waals surface area contributed by atoms with E-state index in [-0.39, 0.29) is 5.82 Å². The Kier molecular flexibility index (Phi) is 3.02. The van der Waals surface area contributed by atoms with Crippen molar-refractivity contribution in [3.8, 4) is 0 Å². The molecule has 0 radical (unpaired) electrons. The molecule has 5 rings (SSSR count). The summed E-state index contributed by atoms with van der Waals surface area (Å²) in [5.74, 6) is 0.740. The molecule has 1 aromatic carbocycles. The van der Waals surface area contributed by atoms with Gasteiger partial charge >= 0.3 is 0 Å². The summed E-state index contributed by atoms with van der Waals surface area (Å²) >= 11 is 0. The fraction of sp³-hybridized carbons (Fsp3) is 0.353. The SMILES string of the molecule is Fc1ccc(CN2CC3CC2CN3c2nccn3cnnc23)cc1. The van der Waals surface area contributed by atoms with E-state index in [1.807, 2.05) is 22.7 Å². The molecule has 0 N–H and O–H groups in total. The Labute approximate surface area is 138 Å². The van der Waals surface area contributed by atoms with Gasteiger partial charge in [-0.3, -0.25) is 9.30 Å². The van der Waals surface area contributed by atoms with Gasteiger partial charge in [0.15, 0.2) is 5.82 Å². The van der Waals surface area contributed by atoms with Gasteiger partial charge in [-0.15, -0.1) is 10.2 Å². The van der Waals surface area contributed by atoms with E-state index in [9.17, 15) is 4.39 Å². The molecular weight excluding hydrogens is 307 g/mol. The number of rotatable bonds is 3. The smallest absolute Gasteiger partial charge is 0.203 e. The van der Waals surface area contributed by atoms with Crippen LogP contribution in [-0.4, -0.2) is 49.7 Å². The predicted octanol–water partition coefficient (Wildman–Crippen LogP) is 1.73. The summed E-state index contributed by atoms with van der Waals surface area (Å²) in [7, 11) is 0. The average molecular weight is 324 g/mol. The zero-order chi connectivity index (χ0) is 16.1. The summed E-state index contributed by atoms with van der Waals surface area (Å²) in [6.45, 7) is 2.82. The molecule has 2 atom stereocenters. The van der Waals surface area contributed by atoms with E-state index in [2.05, 4.69) is 25.0 Å². The van der Waals surface area contributed by atoms with Gasteiger partial charge in [0, 0.05) is 44.1 Å². The van der Waals surface area contributed by atoms with Crippen molar-refractivity contribution < 1.29 is 4.39 Å². The van der Waals surface area contributed by atoms with Crippen molar-refractivity contribution in [2.75, 3.05) is 18.0 Å². The molecule has 122 valence electrons. The van der Waals surface area contributed by atoms with Crippen molar-refractivity contribution >= 4 is 11.5 Å². The summed E-state index contributed by atoms with van der Waals surface area (Å²) < 4.78 is 15.0. The summed E-state index contributed by atoms with van der Waals surface area (Å²) in [6.07, 6.45) is 6.51. The molecule has 0 saturated carbocycles. The van der Waals surface area contributed by atoms with Crippen LogP contribution in [-0.2, 0) is 6.54 Å². The Morgan fingerprint density at radius 1 is 1.12 bits per heavy atom. The lowest BCUT2D eigenvalue weighted by Crippen LogP contribution is -2.46. The molecule has 2 aromatic heterocycles. The Bertz CT molecular complexity index is 876. The molecule has 0 aliphatic carbocycles. The molecule has 6 nitrogen and oxygen atoms in total. The number of hydrogen-bond donors (Lipinski definition) is 0. The van der Waals surface area contributed by atoms with Crippen molar-refractivity contribution in [2.24, 2.45) is 0 Å². The average Bonchev–Trinajstić information content (AvgIpc) is 3.31. The van der Waals surface area contributed by atoms with E-state index >= 15 is 0 Å². The minimum Gasteiger partial charge on any atom is -0.348 e. The zero-order valence-electron chi connectivity index (χ0n) is 13.1. The van der Waals surface area contributed by atoms with E-state index in [4.69, 9.17) is 0 Å². The number of halogens is 1. The van der Waals surface area contributed by atoms with Gasteiger partial charge < -0.3 is 4.90 Å². The van der Waals surface area contributed by atoms with Crippen LogP contribution in [0.5, 0.6) is 0 Å². The second-order valence-electron chi connectivity index (χ2n) is 6.56. The first-order chi connectivity index (χ1) is 11.8. The van der Waals surface area contributed by atoms with E-state index in [1.165, 1.54) is 12.1 Å². The van der Waals surface area contributed by atoms with Crippen LogP contribution in [0.1, 0.15) is 12.0 Å². The van der Waals surface area contributed by atoms with Gasteiger partial charge in [-0.05, 0) is 24.1 Å². The minimum absolute atomic E-state index is 0.180. The molecule has 24 heavy (non-hydrogen) atoms. The Morgan fingerprint density at radius 3 is 2.79 bits per heavy atom. The number of benzene rings is 1. The Morgan fingerprint density at radius 2 is 2.00 bits per heavy atom. The van der Waals surface area contributed by atoms with E-state index in [1.54, 1.807) is 12.5 Å². The lowest BCUT2D eigenvalue weighted by Gasteiger charge is -2.34. The summed E-state index contributed by atoms with van der Waals surface area (Å²) in [6, 6.07) is 7.77. The molecule has 0 amide bonds. The maximum absolute atomic E-state index is 13.0. The molecule has 7 heteroatoms. The van der Waals surface area contributed by atoms with E-state index in [0.29, 0.717) is 12.1 Å². The van der Waals surface area contributed by atoms with Crippen LogP contribution in [0.3, 0.4) is 0 Å². The zero-order valence-corrected chi connectivity index (χ0v) is 13.1. The van der Waals surface area contributed by atoms with Crippen LogP contribution in [0.4, 0.5) is 10.2 Å². The van der Waals surface area contributed by atoms with Crippen LogP contribution in [0.15, 0.2) is 43.0 Å². The predicted molar refractivity (Wildman–Crippen MR) is 87.1 cm³/mol. The van der Waals surface area contributed by atoms with Gasteiger partial charge in [0.05, 0.1) is 0 Å². The van der Waals surface area contributed by atoms with Gasteiger partial charge in [-0.1, -0.05) is 12.1 Å². The molecule has 2 bridgehead atoms. The second kappa shape index (κ2) is 5.24. The fourth-order valence-corrected chi connectivity index (χ4v) is 3.97. The molecule has 2 unspecified atom stereocenters. The van der Waals surface area contributed by atoms with Crippen molar-refractivity contribution in [3.63, 3.8) is 0 Å². The minimum atomic E-state index is -0.180. The number of nitrogens with zero attached hydrogens (tertiary/aromatic N) is 6. The second-order valence-corrected chi connectivity index (χ2v) is 6.56. The van der Waals surface area contributed by atoms with Gasteiger partial charge in [-0.2, -0.15) is 0 Å².